The van der Waals surface area contributed by atoms with Crippen molar-refractivity contribution in [1.29, 1.82) is 0 Å². The van der Waals surface area contributed by atoms with E-state index in [4.69, 9.17) is 33.7 Å². The van der Waals surface area contributed by atoms with Gasteiger partial charge in [-0.3, -0.25) is 0 Å². The fourth-order valence-corrected chi connectivity index (χ4v) is 2.03. The van der Waals surface area contributed by atoms with Crippen LogP contribution in [0.2, 0.25) is 10.0 Å². The Morgan fingerprint density at radius 2 is 1.94 bits per heavy atom. The Morgan fingerprint density at radius 1 is 1.17 bits per heavy atom. The molecule has 0 aliphatic rings. The van der Waals surface area contributed by atoms with E-state index in [1.807, 2.05) is 18.2 Å². The van der Waals surface area contributed by atoms with Gasteiger partial charge in [-0.05, 0) is 45.8 Å². The number of benzene rings is 2. The molecule has 2 N–H and O–H groups in total. The maximum absolute atomic E-state index is 6.03. The van der Waals surface area contributed by atoms with Crippen LogP contribution in [0, 0.1) is 0 Å². The van der Waals surface area contributed by atoms with E-state index >= 15 is 0 Å². The fourth-order valence-electron chi connectivity index (χ4n) is 1.44. The topological polar surface area (TPSA) is 35.2 Å². The number of anilines is 1. The van der Waals surface area contributed by atoms with E-state index in [2.05, 4.69) is 15.9 Å². The number of nitrogen functional groups attached to an aromatic ring is 1. The molecule has 2 rings (SSSR count). The molecule has 0 radical (unpaired) electrons. The molecule has 2 aromatic rings. The van der Waals surface area contributed by atoms with Crippen molar-refractivity contribution in [3.8, 4) is 5.75 Å². The Bertz CT molecular complexity index is 575. The highest BCUT2D eigenvalue weighted by Crippen LogP contribution is 2.32. The Morgan fingerprint density at radius 3 is 2.67 bits per heavy atom. The quantitative estimate of drug-likeness (QED) is 0.801. The van der Waals surface area contributed by atoms with Gasteiger partial charge in [0.15, 0.2) is 0 Å². The summed E-state index contributed by atoms with van der Waals surface area (Å²) in [6.45, 7) is 0.386. The van der Waals surface area contributed by atoms with Crippen molar-refractivity contribution in [3.63, 3.8) is 0 Å². The molecule has 0 aliphatic carbocycles. The first kappa shape index (κ1) is 13.5. The molecule has 2 aromatic carbocycles. The third-order valence-corrected chi connectivity index (χ3v) is 3.89. The number of ether oxygens (including phenoxy) is 1. The molecule has 2 nitrogen and oxygen atoms in total. The average molecular weight is 347 g/mol. The lowest BCUT2D eigenvalue weighted by Gasteiger charge is -2.09. The van der Waals surface area contributed by atoms with Crippen LogP contribution in [0.15, 0.2) is 40.9 Å². The van der Waals surface area contributed by atoms with Crippen molar-refractivity contribution in [1.82, 2.24) is 0 Å². The molecule has 0 bridgehead atoms. The Hall–Kier alpha value is -0.900. The number of halogens is 3. The van der Waals surface area contributed by atoms with Crippen LogP contribution in [0.4, 0.5) is 5.69 Å². The normalized spacial score (nSPS) is 10.4. The molecule has 94 valence electrons. The lowest BCUT2D eigenvalue weighted by atomic mass is 10.2. The van der Waals surface area contributed by atoms with Gasteiger partial charge in [-0.2, -0.15) is 0 Å². The smallest absolute Gasteiger partial charge is 0.139 e. The van der Waals surface area contributed by atoms with Gasteiger partial charge in [-0.1, -0.05) is 35.3 Å². The third kappa shape index (κ3) is 3.10. The molecule has 5 heteroatoms. The lowest BCUT2D eigenvalue weighted by molar-refractivity contribution is 0.306. The van der Waals surface area contributed by atoms with Crippen molar-refractivity contribution in [2.24, 2.45) is 0 Å². The number of hydrogen-bond acceptors (Lipinski definition) is 2. The predicted octanol–water partition coefficient (Wildman–Crippen LogP) is 4.92. The highest BCUT2D eigenvalue weighted by molar-refractivity contribution is 9.10. The van der Waals surface area contributed by atoms with Gasteiger partial charge in [0.05, 0.1) is 5.02 Å². The first-order valence-corrected chi connectivity index (χ1v) is 6.73. The second kappa shape index (κ2) is 5.83. The molecule has 0 aliphatic heterocycles. The highest BCUT2D eigenvalue weighted by atomic mass is 79.9. The van der Waals surface area contributed by atoms with Crippen LogP contribution in [0.25, 0.3) is 0 Å². The van der Waals surface area contributed by atoms with Crippen LogP contribution in [0.3, 0.4) is 0 Å². The molecule has 0 heterocycles. The third-order valence-electron chi connectivity index (χ3n) is 2.37. The van der Waals surface area contributed by atoms with E-state index in [0.717, 1.165) is 10.0 Å². The van der Waals surface area contributed by atoms with E-state index in [1.54, 1.807) is 18.2 Å². The molecule has 0 atom stereocenters. The molecular weight excluding hydrogens is 337 g/mol. The van der Waals surface area contributed by atoms with Crippen LogP contribution in [-0.4, -0.2) is 0 Å². The summed E-state index contributed by atoms with van der Waals surface area (Å²) in [4.78, 5) is 0. The molecule has 0 spiro atoms. The second-order valence-corrected chi connectivity index (χ2v) is 5.34. The second-order valence-electron chi connectivity index (χ2n) is 3.70. The monoisotopic (exact) mass is 345 g/mol. The zero-order chi connectivity index (χ0) is 13.1. The van der Waals surface area contributed by atoms with E-state index in [-0.39, 0.29) is 0 Å². The summed E-state index contributed by atoms with van der Waals surface area (Å²) in [5, 5.41) is 0.897. The zero-order valence-corrected chi connectivity index (χ0v) is 12.4. The molecule has 0 saturated heterocycles. The van der Waals surface area contributed by atoms with Crippen LogP contribution >= 0.6 is 39.1 Å². The minimum Gasteiger partial charge on any atom is -0.487 e. The molecule has 0 amide bonds. The number of rotatable bonds is 3. The SMILES string of the molecule is Nc1cc(COc2cccc(Cl)c2Cl)ccc1Br. The first-order valence-electron chi connectivity index (χ1n) is 5.18. The number of hydrogen-bond donors (Lipinski definition) is 1. The van der Waals surface area contributed by atoms with Crippen LogP contribution in [0.5, 0.6) is 5.75 Å². The van der Waals surface area contributed by atoms with Crippen LogP contribution in [-0.2, 0) is 6.61 Å². The molecule has 18 heavy (non-hydrogen) atoms. The summed E-state index contributed by atoms with van der Waals surface area (Å²) in [5.41, 5.74) is 7.43. The maximum Gasteiger partial charge on any atom is 0.139 e. The molecule has 0 saturated carbocycles. The minimum atomic E-state index is 0.386. The van der Waals surface area contributed by atoms with E-state index in [9.17, 15) is 0 Å². The first-order chi connectivity index (χ1) is 8.58. The summed E-state index contributed by atoms with van der Waals surface area (Å²) in [6.07, 6.45) is 0. The maximum atomic E-state index is 6.03. The van der Waals surface area contributed by atoms with Gasteiger partial charge in [0, 0.05) is 10.2 Å². The predicted molar refractivity (Wildman–Crippen MR) is 79.3 cm³/mol. The van der Waals surface area contributed by atoms with Crippen molar-refractivity contribution in [2.45, 2.75) is 6.61 Å². The van der Waals surface area contributed by atoms with Gasteiger partial charge in [0.2, 0.25) is 0 Å². The van der Waals surface area contributed by atoms with Gasteiger partial charge in [0.1, 0.15) is 17.4 Å². The van der Waals surface area contributed by atoms with E-state index < -0.39 is 0 Å². The van der Waals surface area contributed by atoms with Crippen molar-refractivity contribution >= 4 is 44.8 Å². The summed E-state index contributed by atoms with van der Waals surface area (Å²) in [6, 6.07) is 10.9. The van der Waals surface area contributed by atoms with Gasteiger partial charge < -0.3 is 10.5 Å². The fraction of sp³-hybridized carbons (Fsp3) is 0.0769. The summed E-state index contributed by atoms with van der Waals surface area (Å²) >= 11 is 15.3. The van der Waals surface area contributed by atoms with Crippen molar-refractivity contribution in [2.75, 3.05) is 5.73 Å². The van der Waals surface area contributed by atoms with Gasteiger partial charge in [0.25, 0.3) is 0 Å². The Kier molecular flexibility index (Phi) is 4.38. The van der Waals surface area contributed by atoms with Gasteiger partial charge in [-0.15, -0.1) is 0 Å². The molecule has 0 unspecified atom stereocenters. The van der Waals surface area contributed by atoms with E-state index in [1.165, 1.54) is 0 Å². The molecular formula is C13H10BrCl2NO. The standard InChI is InChI=1S/C13H10BrCl2NO/c14-9-5-4-8(6-11(9)17)7-18-12-3-1-2-10(15)13(12)16/h1-6H,7,17H2. The lowest BCUT2D eigenvalue weighted by Crippen LogP contribution is -1.97. The zero-order valence-electron chi connectivity index (χ0n) is 9.29. The Labute approximate surface area is 124 Å². The van der Waals surface area contributed by atoms with Crippen molar-refractivity contribution in [3.05, 3.63) is 56.5 Å². The van der Waals surface area contributed by atoms with Crippen molar-refractivity contribution < 1.29 is 4.74 Å². The minimum absolute atomic E-state index is 0.386. The molecule has 0 aromatic heterocycles. The Balaban J connectivity index is 2.11. The van der Waals surface area contributed by atoms with E-state index in [0.29, 0.717) is 28.1 Å². The number of nitrogens with two attached hydrogens (primary N) is 1. The van der Waals surface area contributed by atoms with Crippen LogP contribution in [0.1, 0.15) is 5.56 Å². The summed E-state index contributed by atoms with van der Waals surface area (Å²) in [5.74, 6) is 0.561. The highest BCUT2D eigenvalue weighted by Gasteiger charge is 2.06. The summed E-state index contributed by atoms with van der Waals surface area (Å²) in [7, 11) is 0. The average Bonchev–Trinajstić information content (AvgIpc) is 2.35. The molecule has 0 fully saturated rings. The summed E-state index contributed by atoms with van der Waals surface area (Å²) < 4.78 is 6.48. The van der Waals surface area contributed by atoms with Gasteiger partial charge >= 0.3 is 0 Å². The largest absolute Gasteiger partial charge is 0.487 e. The van der Waals surface area contributed by atoms with Crippen LogP contribution < -0.4 is 10.5 Å². The van der Waals surface area contributed by atoms with Gasteiger partial charge in [-0.25, -0.2) is 0 Å².